The van der Waals surface area contributed by atoms with Crippen molar-refractivity contribution in [2.75, 3.05) is 6.61 Å². The smallest absolute Gasteiger partial charge is 0.123 e. The minimum atomic E-state index is -0.255. The molecule has 0 saturated heterocycles. The van der Waals surface area contributed by atoms with Crippen molar-refractivity contribution in [1.82, 2.24) is 14.5 Å². The Labute approximate surface area is 185 Å². The molecule has 0 aliphatic carbocycles. The van der Waals surface area contributed by atoms with E-state index in [0.717, 1.165) is 51.8 Å². The van der Waals surface area contributed by atoms with Crippen LogP contribution in [0.4, 0.5) is 4.39 Å². The molecule has 6 heteroatoms. The summed E-state index contributed by atoms with van der Waals surface area (Å²) in [6.45, 7) is 1.13. The molecule has 5 rings (SSSR count). The molecule has 0 saturated carbocycles. The first kappa shape index (κ1) is 19.9. The number of ether oxygens (including phenoxy) is 1. The first-order valence-electron chi connectivity index (χ1n) is 10.3. The molecule has 1 aliphatic rings. The van der Waals surface area contributed by atoms with Crippen molar-refractivity contribution in [3.05, 3.63) is 95.3 Å². The Morgan fingerprint density at radius 3 is 2.45 bits per heavy atom. The quantitative estimate of drug-likeness (QED) is 0.368. The lowest BCUT2D eigenvalue weighted by atomic mass is 10.0. The molecule has 0 amide bonds. The maximum absolute atomic E-state index is 13.5. The van der Waals surface area contributed by atoms with E-state index < -0.39 is 0 Å². The van der Waals surface area contributed by atoms with Gasteiger partial charge in [-0.15, -0.1) is 0 Å². The maximum atomic E-state index is 13.5. The van der Waals surface area contributed by atoms with Crippen molar-refractivity contribution in [3.63, 3.8) is 0 Å². The van der Waals surface area contributed by atoms with Crippen LogP contribution in [0.3, 0.4) is 0 Å². The van der Waals surface area contributed by atoms with E-state index in [9.17, 15) is 4.39 Å². The number of hydrogen-bond acceptors (Lipinski definition) is 3. The number of hydrogen-bond donors (Lipinski definition) is 0. The highest BCUT2D eigenvalue weighted by Crippen LogP contribution is 2.39. The minimum Gasteiger partial charge on any atom is -0.375 e. The molecule has 2 aromatic heterocycles. The molecule has 0 radical (unpaired) electrons. The van der Waals surface area contributed by atoms with Crippen molar-refractivity contribution in [3.8, 4) is 22.5 Å². The van der Waals surface area contributed by atoms with Crippen LogP contribution in [0.15, 0.2) is 73.1 Å². The Hall–Kier alpha value is -3.02. The molecule has 0 bridgehead atoms. The second-order valence-electron chi connectivity index (χ2n) is 7.67. The zero-order valence-corrected chi connectivity index (χ0v) is 17.6. The van der Waals surface area contributed by atoms with Gasteiger partial charge in [0.25, 0.3) is 0 Å². The van der Waals surface area contributed by atoms with Gasteiger partial charge in [-0.05, 0) is 60.5 Å². The van der Waals surface area contributed by atoms with Gasteiger partial charge in [0, 0.05) is 35.0 Å². The lowest BCUT2D eigenvalue weighted by Gasteiger charge is -2.18. The molecular weight excluding hydrogens is 413 g/mol. The molecule has 0 fully saturated rings. The summed E-state index contributed by atoms with van der Waals surface area (Å²) in [6, 6.07) is 18.4. The molecule has 0 spiro atoms. The molecule has 1 atom stereocenters. The number of rotatable bonds is 6. The van der Waals surface area contributed by atoms with E-state index in [-0.39, 0.29) is 11.9 Å². The number of benzene rings is 2. The van der Waals surface area contributed by atoms with Gasteiger partial charge in [0.2, 0.25) is 0 Å². The van der Waals surface area contributed by atoms with Crippen LogP contribution in [0, 0.1) is 5.82 Å². The summed E-state index contributed by atoms with van der Waals surface area (Å²) < 4.78 is 21.8. The van der Waals surface area contributed by atoms with Crippen LogP contribution in [-0.4, -0.2) is 21.1 Å². The van der Waals surface area contributed by atoms with Crippen molar-refractivity contribution in [2.45, 2.75) is 25.5 Å². The second kappa shape index (κ2) is 8.61. The fourth-order valence-electron chi connectivity index (χ4n) is 4.12. The van der Waals surface area contributed by atoms with E-state index in [0.29, 0.717) is 13.2 Å². The third kappa shape index (κ3) is 4.11. The van der Waals surface area contributed by atoms with Gasteiger partial charge in [-0.1, -0.05) is 23.7 Å². The van der Waals surface area contributed by atoms with Crippen LogP contribution in [-0.2, 0) is 17.8 Å². The highest BCUT2D eigenvalue weighted by Gasteiger charge is 2.30. The van der Waals surface area contributed by atoms with Crippen molar-refractivity contribution in [1.29, 1.82) is 0 Å². The summed E-state index contributed by atoms with van der Waals surface area (Å²) >= 11 is 5.97. The topological polar surface area (TPSA) is 39.9 Å². The van der Waals surface area contributed by atoms with Gasteiger partial charge in [-0.3, -0.25) is 4.98 Å². The summed E-state index contributed by atoms with van der Waals surface area (Å²) in [5.41, 5.74) is 4.92. The Kier molecular flexibility index (Phi) is 5.53. The Morgan fingerprint density at radius 1 is 0.968 bits per heavy atom. The van der Waals surface area contributed by atoms with Gasteiger partial charge < -0.3 is 9.30 Å². The summed E-state index contributed by atoms with van der Waals surface area (Å²) in [7, 11) is 0. The predicted octanol–water partition coefficient (Wildman–Crippen LogP) is 6.11. The number of aromatic nitrogens is 3. The highest BCUT2D eigenvalue weighted by atomic mass is 35.5. The van der Waals surface area contributed by atoms with Crippen molar-refractivity contribution < 1.29 is 9.13 Å². The minimum absolute atomic E-state index is 0.187. The van der Waals surface area contributed by atoms with Gasteiger partial charge in [0.05, 0.1) is 30.6 Å². The van der Waals surface area contributed by atoms with Gasteiger partial charge in [0.1, 0.15) is 11.6 Å². The summed E-state index contributed by atoms with van der Waals surface area (Å²) in [4.78, 5) is 9.10. The van der Waals surface area contributed by atoms with Gasteiger partial charge in [0.15, 0.2) is 0 Å². The Bertz CT molecular complexity index is 1170. The highest BCUT2D eigenvalue weighted by molar-refractivity contribution is 6.30. The molecule has 0 N–H and O–H groups in total. The van der Waals surface area contributed by atoms with Gasteiger partial charge >= 0.3 is 0 Å². The number of nitrogens with zero attached hydrogens (tertiary/aromatic N) is 3. The zero-order valence-electron chi connectivity index (χ0n) is 16.8. The van der Waals surface area contributed by atoms with E-state index >= 15 is 0 Å². The average Bonchev–Trinajstić information content (AvgIpc) is 3.36. The van der Waals surface area contributed by atoms with Crippen LogP contribution >= 0.6 is 11.6 Å². The van der Waals surface area contributed by atoms with Crippen molar-refractivity contribution >= 4 is 11.6 Å². The molecule has 1 aliphatic heterocycles. The molecule has 3 heterocycles. The van der Waals surface area contributed by atoms with Crippen LogP contribution in [0.5, 0.6) is 0 Å². The van der Waals surface area contributed by atoms with E-state index in [4.69, 9.17) is 21.3 Å². The van der Waals surface area contributed by atoms with Crippen LogP contribution < -0.4 is 0 Å². The van der Waals surface area contributed by atoms with E-state index in [1.807, 2.05) is 36.4 Å². The average molecular weight is 434 g/mol. The number of imidazole rings is 1. The summed E-state index contributed by atoms with van der Waals surface area (Å²) in [5.74, 6) is 0.778. The van der Waals surface area contributed by atoms with Crippen molar-refractivity contribution in [2.24, 2.45) is 0 Å². The van der Waals surface area contributed by atoms with E-state index in [1.54, 1.807) is 24.5 Å². The molecule has 4 nitrogen and oxygen atoms in total. The zero-order chi connectivity index (χ0) is 21.2. The van der Waals surface area contributed by atoms with Crippen LogP contribution in [0.25, 0.3) is 22.5 Å². The monoisotopic (exact) mass is 433 g/mol. The second-order valence-corrected chi connectivity index (χ2v) is 8.11. The number of halogens is 2. The number of aryl methyl sites for hydroxylation is 1. The number of pyridine rings is 1. The Morgan fingerprint density at radius 2 is 1.71 bits per heavy atom. The third-order valence-electron chi connectivity index (χ3n) is 5.61. The van der Waals surface area contributed by atoms with Crippen LogP contribution in [0.1, 0.15) is 23.9 Å². The van der Waals surface area contributed by atoms with Crippen LogP contribution in [0.2, 0.25) is 5.02 Å². The maximum Gasteiger partial charge on any atom is 0.123 e. The van der Waals surface area contributed by atoms with Gasteiger partial charge in [-0.25, -0.2) is 9.37 Å². The molecule has 2 aromatic carbocycles. The Balaban J connectivity index is 1.46. The standard InChI is InChI=1S/C25H21ClFN3O/c26-20-5-1-17(2-6-20)15-31-16-22-9-10-23-29-24(18-3-7-21(27)8-4-18)25(30(22)23)19-11-13-28-14-12-19/h1-8,11-14,22H,9-10,15-16H2. The summed E-state index contributed by atoms with van der Waals surface area (Å²) in [6.07, 6.45) is 5.43. The molecule has 31 heavy (non-hydrogen) atoms. The SMILES string of the molecule is Fc1ccc(-c2nc3n(c2-c2ccncc2)C(COCc2ccc(Cl)cc2)CC3)cc1. The normalized spacial score (nSPS) is 15.2. The largest absolute Gasteiger partial charge is 0.375 e. The lowest BCUT2D eigenvalue weighted by Crippen LogP contribution is -2.13. The van der Waals surface area contributed by atoms with Gasteiger partial charge in [-0.2, -0.15) is 0 Å². The first-order chi connectivity index (χ1) is 15.2. The van der Waals surface area contributed by atoms with E-state index in [2.05, 4.69) is 9.55 Å². The number of fused-ring (bicyclic) bond motifs is 1. The molecule has 156 valence electrons. The summed E-state index contributed by atoms with van der Waals surface area (Å²) in [5, 5.41) is 0.720. The molecule has 4 aromatic rings. The lowest BCUT2D eigenvalue weighted by molar-refractivity contribution is 0.0925. The predicted molar refractivity (Wildman–Crippen MR) is 119 cm³/mol. The third-order valence-corrected chi connectivity index (χ3v) is 5.87. The van der Waals surface area contributed by atoms with E-state index in [1.165, 1.54) is 12.1 Å². The molecular formula is C25H21ClFN3O. The first-order valence-corrected chi connectivity index (χ1v) is 10.7. The fraction of sp³-hybridized carbons (Fsp3) is 0.200. The molecule has 1 unspecified atom stereocenters. The fourth-order valence-corrected chi connectivity index (χ4v) is 4.25.